The number of nitrogens with zero attached hydrogens (tertiary/aromatic N) is 1. The highest BCUT2D eigenvalue weighted by atomic mass is 14.9. The predicted octanol–water partition coefficient (Wildman–Crippen LogP) is 2.59. The third-order valence-corrected chi connectivity index (χ3v) is 2.14. The first kappa shape index (κ1) is 11.2. The molecule has 0 fully saturated rings. The maximum Gasteiger partial charge on any atom is 0.0420 e. The van der Waals surface area contributed by atoms with E-state index in [-0.39, 0.29) is 5.54 Å². The van der Waals surface area contributed by atoms with Crippen LogP contribution in [-0.4, -0.2) is 10.5 Å². The molecule has 1 rings (SSSR count). The summed E-state index contributed by atoms with van der Waals surface area (Å²) in [6.45, 7) is 11.5. The van der Waals surface area contributed by atoms with Crippen LogP contribution in [0.5, 0.6) is 0 Å². The van der Waals surface area contributed by atoms with Crippen molar-refractivity contribution in [2.24, 2.45) is 0 Å². The molecule has 0 amide bonds. The van der Waals surface area contributed by atoms with Gasteiger partial charge in [0.05, 0.1) is 0 Å². The van der Waals surface area contributed by atoms with Crippen molar-refractivity contribution in [2.45, 2.75) is 46.7 Å². The molecular weight excluding hydrogens is 172 g/mol. The number of nitrogens with one attached hydrogen (secondary N) is 1. The molecule has 0 spiro atoms. The minimum atomic E-state index is 0.164. The zero-order valence-corrected chi connectivity index (χ0v) is 9.81. The average molecular weight is 192 g/mol. The molecule has 0 aliphatic carbocycles. The monoisotopic (exact) mass is 192 g/mol. The summed E-state index contributed by atoms with van der Waals surface area (Å²) < 4.78 is 0. The third-order valence-electron chi connectivity index (χ3n) is 2.14. The SMILES string of the molecule is Cc1ccc(CNC(C)(C)C)c(C)n1. The Hall–Kier alpha value is -0.890. The molecule has 1 heterocycles. The summed E-state index contributed by atoms with van der Waals surface area (Å²) in [5.74, 6) is 0. The fourth-order valence-electron chi connectivity index (χ4n) is 1.26. The van der Waals surface area contributed by atoms with Crippen LogP contribution in [0.4, 0.5) is 0 Å². The van der Waals surface area contributed by atoms with Crippen molar-refractivity contribution in [1.82, 2.24) is 10.3 Å². The fraction of sp³-hybridized carbons (Fsp3) is 0.583. The van der Waals surface area contributed by atoms with Crippen LogP contribution < -0.4 is 5.32 Å². The maximum absolute atomic E-state index is 4.43. The van der Waals surface area contributed by atoms with E-state index < -0.39 is 0 Å². The van der Waals surface area contributed by atoms with Crippen molar-refractivity contribution in [2.75, 3.05) is 0 Å². The van der Waals surface area contributed by atoms with Crippen molar-refractivity contribution in [1.29, 1.82) is 0 Å². The maximum atomic E-state index is 4.43. The lowest BCUT2D eigenvalue weighted by atomic mass is 10.1. The van der Waals surface area contributed by atoms with Crippen LogP contribution in [0.2, 0.25) is 0 Å². The number of hydrogen-bond acceptors (Lipinski definition) is 2. The molecule has 0 atom stereocenters. The highest BCUT2D eigenvalue weighted by Crippen LogP contribution is 2.08. The van der Waals surface area contributed by atoms with Gasteiger partial charge in [-0.25, -0.2) is 0 Å². The second kappa shape index (κ2) is 4.09. The van der Waals surface area contributed by atoms with Gasteiger partial charge in [0.2, 0.25) is 0 Å². The smallest absolute Gasteiger partial charge is 0.0420 e. The highest BCUT2D eigenvalue weighted by molar-refractivity contribution is 5.21. The average Bonchev–Trinajstić information content (AvgIpc) is 2.00. The lowest BCUT2D eigenvalue weighted by Gasteiger charge is -2.21. The van der Waals surface area contributed by atoms with E-state index in [1.165, 1.54) is 5.56 Å². The minimum Gasteiger partial charge on any atom is -0.308 e. The molecule has 1 aromatic heterocycles. The van der Waals surface area contributed by atoms with Crippen LogP contribution >= 0.6 is 0 Å². The Kier molecular flexibility index (Phi) is 3.27. The zero-order chi connectivity index (χ0) is 10.8. The van der Waals surface area contributed by atoms with E-state index in [0.717, 1.165) is 17.9 Å². The van der Waals surface area contributed by atoms with Gasteiger partial charge in [0.25, 0.3) is 0 Å². The van der Waals surface area contributed by atoms with Crippen molar-refractivity contribution >= 4 is 0 Å². The van der Waals surface area contributed by atoms with Crippen LogP contribution in [0.1, 0.15) is 37.7 Å². The first-order valence-corrected chi connectivity index (χ1v) is 5.07. The van der Waals surface area contributed by atoms with Gasteiger partial charge in [0, 0.05) is 23.5 Å². The Labute approximate surface area is 86.8 Å². The largest absolute Gasteiger partial charge is 0.308 e. The summed E-state index contributed by atoms with van der Waals surface area (Å²) in [5.41, 5.74) is 3.66. The summed E-state index contributed by atoms with van der Waals surface area (Å²) in [6.07, 6.45) is 0. The standard InChI is InChI=1S/C12H20N2/c1-9-6-7-11(10(2)14-9)8-13-12(3,4)5/h6-7,13H,8H2,1-5H3. The van der Waals surface area contributed by atoms with E-state index in [1.54, 1.807) is 0 Å². The molecule has 2 nitrogen and oxygen atoms in total. The van der Waals surface area contributed by atoms with Crippen molar-refractivity contribution in [3.05, 3.63) is 29.1 Å². The molecule has 0 radical (unpaired) electrons. The van der Waals surface area contributed by atoms with Crippen LogP contribution in [0, 0.1) is 13.8 Å². The quantitative estimate of drug-likeness (QED) is 0.779. The van der Waals surface area contributed by atoms with Crippen LogP contribution in [0.3, 0.4) is 0 Å². The van der Waals surface area contributed by atoms with E-state index >= 15 is 0 Å². The normalized spacial score (nSPS) is 11.8. The van der Waals surface area contributed by atoms with Crippen molar-refractivity contribution in [3.8, 4) is 0 Å². The van der Waals surface area contributed by atoms with Gasteiger partial charge in [-0.3, -0.25) is 4.98 Å². The first-order chi connectivity index (χ1) is 6.38. The molecule has 78 valence electrons. The van der Waals surface area contributed by atoms with E-state index in [1.807, 2.05) is 6.92 Å². The Balaban J connectivity index is 2.68. The molecule has 0 saturated carbocycles. The molecule has 0 unspecified atom stereocenters. The van der Waals surface area contributed by atoms with Crippen molar-refractivity contribution < 1.29 is 0 Å². The molecule has 14 heavy (non-hydrogen) atoms. The van der Waals surface area contributed by atoms with E-state index in [2.05, 4.69) is 50.1 Å². The molecule has 1 aromatic rings. The molecule has 0 saturated heterocycles. The van der Waals surface area contributed by atoms with E-state index in [4.69, 9.17) is 0 Å². The van der Waals surface area contributed by atoms with Gasteiger partial charge in [-0.15, -0.1) is 0 Å². The Morgan fingerprint density at radius 1 is 1.21 bits per heavy atom. The molecule has 2 heteroatoms. The van der Waals surface area contributed by atoms with Gasteiger partial charge in [0.1, 0.15) is 0 Å². The number of pyridine rings is 1. The molecule has 0 aromatic carbocycles. The third kappa shape index (κ3) is 3.46. The fourth-order valence-corrected chi connectivity index (χ4v) is 1.26. The van der Waals surface area contributed by atoms with Gasteiger partial charge >= 0.3 is 0 Å². The van der Waals surface area contributed by atoms with E-state index in [0.29, 0.717) is 0 Å². The Morgan fingerprint density at radius 2 is 1.86 bits per heavy atom. The van der Waals surface area contributed by atoms with Crippen LogP contribution in [-0.2, 0) is 6.54 Å². The molecule has 0 aliphatic heterocycles. The molecular formula is C12H20N2. The lowest BCUT2D eigenvalue weighted by molar-refractivity contribution is 0.423. The summed E-state index contributed by atoms with van der Waals surface area (Å²) >= 11 is 0. The molecule has 0 bridgehead atoms. The topological polar surface area (TPSA) is 24.9 Å². The van der Waals surface area contributed by atoms with Crippen LogP contribution in [0.25, 0.3) is 0 Å². The summed E-state index contributed by atoms with van der Waals surface area (Å²) in [5, 5.41) is 3.46. The van der Waals surface area contributed by atoms with Gasteiger partial charge in [-0.1, -0.05) is 6.07 Å². The van der Waals surface area contributed by atoms with Gasteiger partial charge < -0.3 is 5.32 Å². The summed E-state index contributed by atoms with van der Waals surface area (Å²) in [4.78, 5) is 4.43. The number of rotatable bonds is 2. The second-order valence-electron chi connectivity index (χ2n) is 4.80. The zero-order valence-electron chi connectivity index (χ0n) is 9.81. The first-order valence-electron chi connectivity index (χ1n) is 5.07. The van der Waals surface area contributed by atoms with Crippen LogP contribution in [0.15, 0.2) is 12.1 Å². The summed E-state index contributed by atoms with van der Waals surface area (Å²) in [6, 6.07) is 4.21. The summed E-state index contributed by atoms with van der Waals surface area (Å²) in [7, 11) is 0. The van der Waals surface area contributed by atoms with Gasteiger partial charge in [0.15, 0.2) is 0 Å². The van der Waals surface area contributed by atoms with Gasteiger partial charge in [-0.2, -0.15) is 0 Å². The predicted molar refractivity (Wildman–Crippen MR) is 60.3 cm³/mol. The number of hydrogen-bond donors (Lipinski definition) is 1. The number of aromatic nitrogens is 1. The van der Waals surface area contributed by atoms with Gasteiger partial charge in [-0.05, 0) is 46.2 Å². The molecule has 1 N–H and O–H groups in total. The Bertz CT molecular complexity index is 311. The number of aryl methyl sites for hydroxylation is 2. The Morgan fingerprint density at radius 3 is 2.36 bits per heavy atom. The lowest BCUT2D eigenvalue weighted by Crippen LogP contribution is -2.35. The molecule has 0 aliphatic rings. The second-order valence-corrected chi connectivity index (χ2v) is 4.80. The van der Waals surface area contributed by atoms with Crippen molar-refractivity contribution in [3.63, 3.8) is 0 Å². The highest BCUT2D eigenvalue weighted by Gasteiger charge is 2.09. The minimum absolute atomic E-state index is 0.164. The van der Waals surface area contributed by atoms with E-state index in [9.17, 15) is 0 Å².